The number of rotatable bonds is 2. The third-order valence-electron chi connectivity index (χ3n) is 3.85. The van der Waals surface area contributed by atoms with Gasteiger partial charge in [-0.05, 0) is 56.2 Å². The Hall–Kier alpha value is -2.40. The lowest BCUT2D eigenvalue weighted by atomic mass is 10.0. The van der Waals surface area contributed by atoms with Crippen LogP contribution in [0.25, 0.3) is 11.0 Å². The van der Waals surface area contributed by atoms with Crippen LogP contribution in [0.4, 0.5) is 5.69 Å². The molecule has 0 aliphatic heterocycles. The zero-order chi connectivity index (χ0) is 17.4. The fourth-order valence-electron chi connectivity index (χ4n) is 2.81. The Kier molecular flexibility index (Phi) is 4.28. The predicted molar refractivity (Wildman–Crippen MR) is 98.8 cm³/mol. The summed E-state index contributed by atoms with van der Waals surface area (Å²) in [5, 5.41) is 3.52. The number of carbonyl (C=O) groups excluding carboxylic acids is 1. The maximum Gasteiger partial charge on any atom is 0.349 e. The molecule has 0 saturated heterocycles. The SMILES string of the molecule is Cc1cc(C)c(NC(=O)c2cc3cc(Br)ccc3oc2=O)c(C)c1. The van der Waals surface area contributed by atoms with Crippen LogP contribution in [-0.4, -0.2) is 5.91 Å². The molecule has 0 aliphatic rings. The molecular formula is C19H16BrNO3. The summed E-state index contributed by atoms with van der Waals surface area (Å²) in [7, 11) is 0. The van der Waals surface area contributed by atoms with Gasteiger partial charge >= 0.3 is 5.63 Å². The van der Waals surface area contributed by atoms with E-state index >= 15 is 0 Å². The molecule has 0 saturated carbocycles. The average Bonchev–Trinajstić information content (AvgIpc) is 2.50. The highest BCUT2D eigenvalue weighted by atomic mass is 79.9. The third-order valence-corrected chi connectivity index (χ3v) is 4.35. The number of anilines is 1. The Morgan fingerprint density at radius 1 is 1.04 bits per heavy atom. The maximum atomic E-state index is 12.6. The number of benzene rings is 2. The number of nitrogens with one attached hydrogen (secondary N) is 1. The molecule has 24 heavy (non-hydrogen) atoms. The summed E-state index contributed by atoms with van der Waals surface area (Å²) in [6, 6.07) is 10.8. The second-order valence-corrected chi connectivity index (χ2v) is 6.77. The van der Waals surface area contributed by atoms with E-state index in [2.05, 4.69) is 21.2 Å². The monoisotopic (exact) mass is 385 g/mol. The average molecular weight is 386 g/mol. The highest BCUT2D eigenvalue weighted by molar-refractivity contribution is 9.10. The highest BCUT2D eigenvalue weighted by Gasteiger charge is 2.16. The van der Waals surface area contributed by atoms with Gasteiger partial charge in [0.2, 0.25) is 0 Å². The number of amides is 1. The topological polar surface area (TPSA) is 59.3 Å². The highest BCUT2D eigenvalue weighted by Crippen LogP contribution is 2.23. The molecule has 4 nitrogen and oxygen atoms in total. The Bertz CT molecular complexity index is 998. The van der Waals surface area contributed by atoms with Crippen LogP contribution < -0.4 is 10.9 Å². The van der Waals surface area contributed by atoms with Gasteiger partial charge in [0.25, 0.3) is 5.91 Å². The molecule has 2 aromatic carbocycles. The minimum absolute atomic E-state index is 0.0139. The van der Waals surface area contributed by atoms with Crippen molar-refractivity contribution in [3.8, 4) is 0 Å². The number of fused-ring (bicyclic) bond motifs is 1. The fraction of sp³-hybridized carbons (Fsp3) is 0.158. The van der Waals surface area contributed by atoms with E-state index in [0.29, 0.717) is 11.0 Å². The van der Waals surface area contributed by atoms with Crippen molar-refractivity contribution < 1.29 is 9.21 Å². The van der Waals surface area contributed by atoms with Crippen molar-refractivity contribution in [3.63, 3.8) is 0 Å². The summed E-state index contributed by atoms with van der Waals surface area (Å²) in [4.78, 5) is 24.7. The van der Waals surface area contributed by atoms with E-state index in [9.17, 15) is 9.59 Å². The number of aryl methyl sites for hydroxylation is 3. The first-order valence-corrected chi connectivity index (χ1v) is 8.27. The van der Waals surface area contributed by atoms with Crippen LogP contribution in [0.2, 0.25) is 0 Å². The van der Waals surface area contributed by atoms with Crippen LogP contribution in [0, 0.1) is 20.8 Å². The molecule has 1 aromatic heterocycles. The van der Waals surface area contributed by atoms with Crippen LogP contribution in [-0.2, 0) is 0 Å². The summed E-state index contributed by atoms with van der Waals surface area (Å²) in [5.74, 6) is -0.472. The molecule has 5 heteroatoms. The van der Waals surface area contributed by atoms with E-state index in [1.54, 1.807) is 24.3 Å². The molecule has 1 N–H and O–H groups in total. The van der Waals surface area contributed by atoms with Crippen molar-refractivity contribution >= 4 is 38.5 Å². The second kappa shape index (κ2) is 6.24. The molecule has 0 radical (unpaired) electrons. The van der Waals surface area contributed by atoms with E-state index in [1.807, 2.05) is 32.9 Å². The van der Waals surface area contributed by atoms with Gasteiger partial charge in [0, 0.05) is 15.5 Å². The molecule has 3 rings (SSSR count). The predicted octanol–water partition coefficient (Wildman–Crippen LogP) is 4.73. The largest absolute Gasteiger partial charge is 0.422 e. The Morgan fingerprint density at radius 3 is 2.38 bits per heavy atom. The van der Waals surface area contributed by atoms with E-state index in [1.165, 1.54) is 0 Å². The first kappa shape index (κ1) is 16.5. The van der Waals surface area contributed by atoms with Gasteiger partial charge in [0.05, 0.1) is 0 Å². The molecule has 0 spiro atoms. The van der Waals surface area contributed by atoms with Crippen LogP contribution in [0.3, 0.4) is 0 Å². The van der Waals surface area contributed by atoms with Gasteiger partial charge in [-0.3, -0.25) is 4.79 Å². The van der Waals surface area contributed by atoms with Gasteiger partial charge in [0.1, 0.15) is 11.1 Å². The fourth-order valence-corrected chi connectivity index (χ4v) is 3.19. The van der Waals surface area contributed by atoms with Crippen LogP contribution in [0.15, 0.2) is 50.1 Å². The maximum absolute atomic E-state index is 12.6. The smallest absolute Gasteiger partial charge is 0.349 e. The molecule has 3 aromatic rings. The van der Waals surface area contributed by atoms with Gasteiger partial charge in [-0.15, -0.1) is 0 Å². The molecular weight excluding hydrogens is 370 g/mol. The normalized spacial score (nSPS) is 10.8. The lowest BCUT2D eigenvalue weighted by Crippen LogP contribution is -2.21. The summed E-state index contributed by atoms with van der Waals surface area (Å²) < 4.78 is 6.10. The van der Waals surface area contributed by atoms with Crippen LogP contribution in [0.5, 0.6) is 0 Å². The second-order valence-electron chi connectivity index (χ2n) is 5.86. The summed E-state index contributed by atoms with van der Waals surface area (Å²) >= 11 is 3.37. The van der Waals surface area contributed by atoms with Gasteiger partial charge in [-0.2, -0.15) is 0 Å². The number of hydrogen-bond donors (Lipinski definition) is 1. The summed E-state index contributed by atoms with van der Waals surface area (Å²) in [5.41, 5.74) is 3.53. The van der Waals surface area contributed by atoms with E-state index in [4.69, 9.17) is 4.42 Å². The van der Waals surface area contributed by atoms with Crippen molar-refractivity contribution in [2.75, 3.05) is 5.32 Å². The molecule has 1 heterocycles. The number of carbonyl (C=O) groups is 1. The Morgan fingerprint density at radius 2 is 1.71 bits per heavy atom. The molecule has 0 fully saturated rings. The lowest BCUT2D eigenvalue weighted by Gasteiger charge is -2.12. The van der Waals surface area contributed by atoms with Crippen molar-refractivity contribution in [3.05, 3.63) is 73.5 Å². The lowest BCUT2D eigenvalue weighted by molar-refractivity contribution is 0.102. The minimum Gasteiger partial charge on any atom is -0.422 e. The number of halogens is 1. The Balaban J connectivity index is 2.03. The van der Waals surface area contributed by atoms with Crippen molar-refractivity contribution in [2.45, 2.75) is 20.8 Å². The van der Waals surface area contributed by atoms with Gasteiger partial charge in [-0.25, -0.2) is 4.79 Å². The zero-order valence-electron chi connectivity index (χ0n) is 13.6. The quantitative estimate of drug-likeness (QED) is 0.648. The van der Waals surface area contributed by atoms with E-state index in [0.717, 1.165) is 26.9 Å². The first-order chi connectivity index (χ1) is 11.3. The Labute approximate surface area is 147 Å². The van der Waals surface area contributed by atoms with Gasteiger partial charge in [-0.1, -0.05) is 33.6 Å². The van der Waals surface area contributed by atoms with Gasteiger partial charge in [0.15, 0.2) is 0 Å². The molecule has 0 bridgehead atoms. The van der Waals surface area contributed by atoms with E-state index in [-0.39, 0.29) is 5.56 Å². The number of hydrogen-bond acceptors (Lipinski definition) is 3. The minimum atomic E-state index is -0.648. The molecule has 122 valence electrons. The standard InChI is InChI=1S/C19H16BrNO3/c1-10-6-11(2)17(12(3)7-10)21-18(22)15-9-13-8-14(20)4-5-16(13)24-19(15)23/h4-9H,1-3H3,(H,21,22). The van der Waals surface area contributed by atoms with E-state index < -0.39 is 11.5 Å². The van der Waals surface area contributed by atoms with Crippen LogP contribution in [0.1, 0.15) is 27.0 Å². The van der Waals surface area contributed by atoms with Crippen molar-refractivity contribution in [2.24, 2.45) is 0 Å². The van der Waals surface area contributed by atoms with Crippen molar-refractivity contribution in [1.29, 1.82) is 0 Å². The van der Waals surface area contributed by atoms with Crippen molar-refractivity contribution in [1.82, 2.24) is 0 Å². The molecule has 1 amide bonds. The third kappa shape index (κ3) is 3.12. The summed E-state index contributed by atoms with van der Waals surface area (Å²) in [6.07, 6.45) is 0. The van der Waals surface area contributed by atoms with Gasteiger partial charge < -0.3 is 9.73 Å². The summed E-state index contributed by atoms with van der Waals surface area (Å²) in [6.45, 7) is 5.85. The first-order valence-electron chi connectivity index (χ1n) is 7.48. The van der Waals surface area contributed by atoms with Crippen LogP contribution >= 0.6 is 15.9 Å². The molecule has 0 atom stereocenters. The molecule has 0 aliphatic carbocycles. The molecule has 0 unspecified atom stereocenters. The zero-order valence-corrected chi connectivity index (χ0v) is 15.2.